The summed E-state index contributed by atoms with van der Waals surface area (Å²) in [7, 11) is 0. The third kappa shape index (κ3) is 2.43. The molecule has 1 aliphatic heterocycles. The van der Waals surface area contributed by atoms with Crippen LogP contribution < -0.4 is 0 Å². The summed E-state index contributed by atoms with van der Waals surface area (Å²) in [6.45, 7) is 0.429. The van der Waals surface area contributed by atoms with Gasteiger partial charge in [-0.25, -0.2) is 0 Å². The van der Waals surface area contributed by atoms with Gasteiger partial charge >= 0.3 is 0 Å². The zero-order valence-corrected chi connectivity index (χ0v) is 9.52. The maximum atomic E-state index is 11.6. The van der Waals surface area contributed by atoms with E-state index >= 15 is 0 Å². The topological polar surface area (TPSA) is 57.6 Å². The fourth-order valence-electron chi connectivity index (χ4n) is 2.64. The predicted octanol–water partition coefficient (Wildman–Crippen LogP) is 1.08. The normalized spacial score (nSPS) is 31.9. The van der Waals surface area contributed by atoms with E-state index in [4.69, 9.17) is 0 Å². The molecule has 0 bridgehead atoms. The lowest BCUT2D eigenvalue weighted by Gasteiger charge is -2.33. The Morgan fingerprint density at radius 1 is 1.06 bits per heavy atom. The minimum Gasteiger partial charge on any atom is -0.393 e. The molecule has 0 aromatic heterocycles. The zero-order chi connectivity index (χ0) is 11.5. The largest absolute Gasteiger partial charge is 0.393 e. The van der Waals surface area contributed by atoms with Gasteiger partial charge in [-0.2, -0.15) is 0 Å². The molecule has 0 aromatic rings. The first kappa shape index (κ1) is 11.6. The number of aliphatic hydroxyl groups is 1. The van der Waals surface area contributed by atoms with Crippen molar-refractivity contribution in [3.63, 3.8) is 0 Å². The number of imide groups is 1. The van der Waals surface area contributed by atoms with E-state index in [9.17, 15) is 14.7 Å². The van der Waals surface area contributed by atoms with Gasteiger partial charge in [-0.05, 0) is 19.3 Å². The molecule has 1 heterocycles. The molecule has 4 nitrogen and oxygen atoms in total. The van der Waals surface area contributed by atoms with Crippen molar-refractivity contribution in [1.82, 2.24) is 4.90 Å². The molecule has 16 heavy (non-hydrogen) atoms. The number of amides is 2. The molecule has 2 fully saturated rings. The van der Waals surface area contributed by atoms with Gasteiger partial charge in [-0.3, -0.25) is 14.5 Å². The van der Waals surface area contributed by atoms with Gasteiger partial charge in [0.2, 0.25) is 11.8 Å². The molecule has 0 radical (unpaired) electrons. The van der Waals surface area contributed by atoms with Crippen LogP contribution in [0.3, 0.4) is 0 Å². The van der Waals surface area contributed by atoms with Crippen LogP contribution in [0.1, 0.15) is 44.9 Å². The van der Waals surface area contributed by atoms with E-state index in [0.29, 0.717) is 25.8 Å². The summed E-state index contributed by atoms with van der Waals surface area (Å²) < 4.78 is 0. The van der Waals surface area contributed by atoms with Crippen LogP contribution in [0.4, 0.5) is 0 Å². The Bertz CT molecular complexity index is 274. The number of hydrogen-bond donors (Lipinski definition) is 1. The molecule has 2 amide bonds. The highest BCUT2D eigenvalue weighted by atomic mass is 16.3. The molecule has 1 N–H and O–H groups in total. The quantitative estimate of drug-likeness (QED) is 0.715. The van der Waals surface area contributed by atoms with Crippen molar-refractivity contribution in [2.24, 2.45) is 5.92 Å². The molecular weight excluding hydrogens is 206 g/mol. The lowest BCUT2D eigenvalue weighted by Crippen LogP contribution is -2.45. The van der Waals surface area contributed by atoms with Crippen molar-refractivity contribution in [2.75, 3.05) is 6.54 Å². The number of carbonyl (C=O) groups is 2. The Morgan fingerprint density at radius 2 is 1.69 bits per heavy atom. The number of rotatable bonds is 2. The maximum Gasteiger partial charge on any atom is 0.229 e. The molecule has 4 heteroatoms. The first-order chi connectivity index (χ1) is 7.68. The number of carbonyl (C=O) groups excluding carboxylic acids is 2. The second-order valence-corrected chi connectivity index (χ2v) is 4.86. The Hall–Kier alpha value is -0.900. The lowest BCUT2D eigenvalue weighted by atomic mass is 9.86. The van der Waals surface area contributed by atoms with Crippen LogP contribution in [0, 0.1) is 5.92 Å². The van der Waals surface area contributed by atoms with Crippen molar-refractivity contribution >= 4 is 11.8 Å². The summed E-state index contributed by atoms with van der Waals surface area (Å²) >= 11 is 0. The molecule has 1 aliphatic carbocycles. The monoisotopic (exact) mass is 225 g/mol. The first-order valence-corrected chi connectivity index (χ1v) is 6.20. The molecule has 2 aliphatic rings. The van der Waals surface area contributed by atoms with E-state index in [0.717, 1.165) is 25.7 Å². The molecule has 2 rings (SSSR count). The first-order valence-electron chi connectivity index (χ1n) is 6.20. The smallest absolute Gasteiger partial charge is 0.229 e. The van der Waals surface area contributed by atoms with Gasteiger partial charge in [0.15, 0.2) is 0 Å². The molecule has 1 saturated carbocycles. The van der Waals surface area contributed by atoms with Crippen LogP contribution in [0.25, 0.3) is 0 Å². The fourth-order valence-corrected chi connectivity index (χ4v) is 2.64. The number of piperidine rings is 1. The second-order valence-electron chi connectivity index (χ2n) is 4.86. The average Bonchev–Trinajstić information content (AvgIpc) is 2.26. The summed E-state index contributed by atoms with van der Waals surface area (Å²) in [6.07, 6.45) is 5.19. The Kier molecular flexibility index (Phi) is 3.59. The van der Waals surface area contributed by atoms with Crippen molar-refractivity contribution in [1.29, 1.82) is 0 Å². The molecule has 0 aromatic carbocycles. The predicted molar refractivity (Wildman–Crippen MR) is 58.5 cm³/mol. The molecule has 90 valence electrons. The highest BCUT2D eigenvalue weighted by Crippen LogP contribution is 2.26. The minimum absolute atomic E-state index is 0.0611. The van der Waals surface area contributed by atoms with Gasteiger partial charge in [-0.15, -0.1) is 0 Å². The van der Waals surface area contributed by atoms with Gasteiger partial charge in [0.25, 0.3) is 0 Å². The van der Waals surface area contributed by atoms with Gasteiger partial charge in [0, 0.05) is 25.3 Å². The number of aliphatic hydroxyl groups excluding tert-OH is 1. The highest BCUT2D eigenvalue weighted by molar-refractivity contribution is 5.97. The fraction of sp³-hybridized carbons (Fsp3) is 0.833. The number of hydrogen-bond acceptors (Lipinski definition) is 3. The summed E-state index contributed by atoms with van der Waals surface area (Å²) in [4.78, 5) is 24.6. The van der Waals surface area contributed by atoms with Gasteiger partial charge < -0.3 is 5.11 Å². The van der Waals surface area contributed by atoms with E-state index < -0.39 is 0 Å². The van der Waals surface area contributed by atoms with Crippen LogP contribution >= 0.6 is 0 Å². The molecule has 2 atom stereocenters. The van der Waals surface area contributed by atoms with E-state index in [-0.39, 0.29) is 23.8 Å². The molecule has 1 saturated heterocycles. The van der Waals surface area contributed by atoms with Crippen LogP contribution in [0.5, 0.6) is 0 Å². The van der Waals surface area contributed by atoms with Gasteiger partial charge in [0.05, 0.1) is 6.10 Å². The lowest BCUT2D eigenvalue weighted by molar-refractivity contribution is -0.149. The van der Waals surface area contributed by atoms with Crippen molar-refractivity contribution in [2.45, 2.75) is 51.0 Å². The second kappa shape index (κ2) is 4.95. The molecule has 0 spiro atoms. The third-order valence-electron chi connectivity index (χ3n) is 3.67. The van der Waals surface area contributed by atoms with Crippen molar-refractivity contribution in [3.8, 4) is 0 Å². The summed E-state index contributed by atoms with van der Waals surface area (Å²) in [6, 6.07) is 0. The van der Waals surface area contributed by atoms with Crippen molar-refractivity contribution < 1.29 is 14.7 Å². The maximum absolute atomic E-state index is 11.6. The minimum atomic E-state index is -0.337. The number of nitrogens with zero attached hydrogens (tertiary/aromatic N) is 1. The van der Waals surface area contributed by atoms with E-state index in [2.05, 4.69) is 0 Å². The van der Waals surface area contributed by atoms with E-state index in [1.165, 1.54) is 4.90 Å². The van der Waals surface area contributed by atoms with E-state index in [1.54, 1.807) is 0 Å². The third-order valence-corrected chi connectivity index (χ3v) is 3.67. The van der Waals surface area contributed by atoms with Gasteiger partial charge in [0.1, 0.15) is 0 Å². The zero-order valence-electron chi connectivity index (χ0n) is 9.52. The summed E-state index contributed by atoms with van der Waals surface area (Å²) in [5, 5.41) is 9.82. The standard InChI is InChI=1S/C12H19NO3/c14-10-5-2-1-4-9(10)8-13-11(15)6-3-7-12(13)16/h9-10,14H,1-8H2. The average molecular weight is 225 g/mol. The van der Waals surface area contributed by atoms with Crippen molar-refractivity contribution in [3.05, 3.63) is 0 Å². The SMILES string of the molecule is O=C1CCCC(=O)N1CC1CCCCC1O. The molecule has 2 unspecified atom stereocenters. The summed E-state index contributed by atoms with van der Waals surface area (Å²) in [5.74, 6) is -0.0252. The molecular formula is C12H19NO3. The Morgan fingerprint density at radius 3 is 2.31 bits per heavy atom. The number of likely N-dealkylation sites (tertiary alicyclic amines) is 1. The van der Waals surface area contributed by atoms with Crippen LogP contribution in [0.2, 0.25) is 0 Å². The van der Waals surface area contributed by atoms with Gasteiger partial charge in [-0.1, -0.05) is 12.8 Å². The Balaban J connectivity index is 1.96. The highest BCUT2D eigenvalue weighted by Gasteiger charge is 2.31. The van der Waals surface area contributed by atoms with E-state index in [1.807, 2.05) is 0 Å². The van der Waals surface area contributed by atoms with Crippen LogP contribution in [-0.4, -0.2) is 34.5 Å². The summed E-state index contributed by atoms with van der Waals surface area (Å²) in [5.41, 5.74) is 0. The van der Waals surface area contributed by atoms with Crippen LogP contribution in [0.15, 0.2) is 0 Å². The Labute approximate surface area is 95.6 Å². The van der Waals surface area contributed by atoms with Crippen LogP contribution in [-0.2, 0) is 9.59 Å².